The predicted molar refractivity (Wildman–Crippen MR) is 46.7 cm³/mol. The number of carbonyl (C=O) groups excluding carboxylic acids is 1. The van der Waals surface area contributed by atoms with Gasteiger partial charge in [0.1, 0.15) is 0 Å². The first-order chi connectivity index (χ1) is 5.56. The maximum atomic E-state index is 10.9. The number of hydrogen-bond donors (Lipinski definition) is 1. The van der Waals surface area contributed by atoms with Gasteiger partial charge in [0.25, 0.3) is 0 Å². The van der Waals surface area contributed by atoms with Crippen molar-refractivity contribution in [3.63, 3.8) is 0 Å². The molecule has 72 valence electrons. The van der Waals surface area contributed by atoms with Crippen LogP contribution in [0.2, 0.25) is 0 Å². The Hall–Kier alpha value is -0.570. The van der Waals surface area contributed by atoms with Crippen LogP contribution in [0.3, 0.4) is 0 Å². The Labute approximate surface area is 73.7 Å². The van der Waals surface area contributed by atoms with Crippen molar-refractivity contribution >= 4 is 5.97 Å². The van der Waals surface area contributed by atoms with Crippen LogP contribution in [0.5, 0.6) is 0 Å². The molecule has 1 unspecified atom stereocenters. The lowest BCUT2D eigenvalue weighted by atomic mass is 10.0. The van der Waals surface area contributed by atoms with Crippen molar-refractivity contribution in [2.24, 2.45) is 5.92 Å². The molecule has 0 saturated carbocycles. The first-order valence-corrected chi connectivity index (χ1v) is 4.40. The molecule has 12 heavy (non-hydrogen) atoms. The van der Waals surface area contributed by atoms with Gasteiger partial charge in [-0.1, -0.05) is 13.8 Å². The Morgan fingerprint density at radius 2 is 2.08 bits per heavy atom. The Kier molecular flexibility index (Phi) is 5.72. The summed E-state index contributed by atoms with van der Waals surface area (Å²) in [7, 11) is 0. The number of hydrogen-bond acceptors (Lipinski definition) is 3. The number of carbonyl (C=O) groups is 1. The van der Waals surface area contributed by atoms with Gasteiger partial charge in [-0.2, -0.15) is 0 Å². The van der Waals surface area contributed by atoms with Gasteiger partial charge in [0.2, 0.25) is 0 Å². The molecule has 0 fully saturated rings. The molecule has 3 heteroatoms. The molecule has 0 bridgehead atoms. The summed E-state index contributed by atoms with van der Waals surface area (Å²) in [5, 5.41) is 9.32. The van der Waals surface area contributed by atoms with E-state index in [4.69, 9.17) is 4.74 Å². The highest BCUT2D eigenvalue weighted by atomic mass is 16.5. The van der Waals surface area contributed by atoms with E-state index >= 15 is 0 Å². The van der Waals surface area contributed by atoms with Gasteiger partial charge in [0.05, 0.1) is 19.1 Å². The van der Waals surface area contributed by atoms with Crippen LogP contribution in [0.25, 0.3) is 0 Å². The summed E-state index contributed by atoms with van der Waals surface area (Å²) >= 11 is 0. The third kappa shape index (κ3) is 6.16. The van der Waals surface area contributed by atoms with Crippen molar-refractivity contribution in [3.8, 4) is 0 Å². The lowest BCUT2D eigenvalue weighted by Gasteiger charge is -2.11. The molecule has 1 N–H and O–H groups in total. The minimum Gasteiger partial charge on any atom is -0.466 e. The summed E-state index contributed by atoms with van der Waals surface area (Å²) in [5.41, 5.74) is 0. The molecular formula is C9H18O3. The molecule has 0 heterocycles. The predicted octanol–water partition coefficient (Wildman–Crippen LogP) is 1.35. The molecule has 1 atom stereocenters. The molecular weight excluding hydrogens is 156 g/mol. The fourth-order valence-electron chi connectivity index (χ4n) is 1.04. The smallest absolute Gasteiger partial charge is 0.308 e. The highest BCUT2D eigenvalue weighted by Crippen LogP contribution is 2.07. The van der Waals surface area contributed by atoms with E-state index in [0.717, 1.165) is 0 Å². The second-order valence-corrected chi connectivity index (χ2v) is 3.29. The SMILES string of the molecule is CCOC(=O)CC(O)CC(C)C. The average molecular weight is 174 g/mol. The minimum atomic E-state index is -0.552. The zero-order chi connectivity index (χ0) is 9.56. The van der Waals surface area contributed by atoms with Crippen LogP contribution >= 0.6 is 0 Å². The van der Waals surface area contributed by atoms with Crippen LogP contribution in [0, 0.1) is 5.92 Å². The van der Waals surface area contributed by atoms with Crippen molar-refractivity contribution in [3.05, 3.63) is 0 Å². The molecule has 3 nitrogen and oxygen atoms in total. The fourth-order valence-corrected chi connectivity index (χ4v) is 1.04. The molecule has 0 saturated heterocycles. The van der Waals surface area contributed by atoms with Gasteiger partial charge in [-0.25, -0.2) is 0 Å². The molecule has 0 amide bonds. The highest BCUT2D eigenvalue weighted by molar-refractivity contribution is 5.69. The average Bonchev–Trinajstić information content (AvgIpc) is 1.84. The number of aliphatic hydroxyl groups excluding tert-OH is 1. The van der Waals surface area contributed by atoms with Gasteiger partial charge in [-0.3, -0.25) is 4.79 Å². The van der Waals surface area contributed by atoms with Gasteiger partial charge >= 0.3 is 5.97 Å². The molecule has 0 spiro atoms. The molecule has 0 rings (SSSR count). The Balaban J connectivity index is 3.54. The van der Waals surface area contributed by atoms with E-state index in [0.29, 0.717) is 18.9 Å². The first kappa shape index (κ1) is 11.4. The maximum absolute atomic E-state index is 10.9. The number of ether oxygens (including phenoxy) is 1. The van der Waals surface area contributed by atoms with Gasteiger partial charge in [-0.05, 0) is 19.3 Å². The normalized spacial score (nSPS) is 13.1. The van der Waals surface area contributed by atoms with Gasteiger partial charge < -0.3 is 9.84 Å². The van der Waals surface area contributed by atoms with E-state index in [2.05, 4.69) is 0 Å². The maximum Gasteiger partial charge on any atom is 0.308 e. The second-order valence-electron chi connectivity index (χ2n) is 3.29. The van der Waals surface area contributed by atoms with Crippen LogP contribution in [0.15, 0.2) is 0 Å². The monoisotopic (exact) mass is 174 g/mol. The molecule has 0 aliphatic heterocycles. The summed E-state index contributed by atoms with van der Waals surface area (Å²) in [6.07, 6.45) is 0.217. The summed E-state index contributed by atoms with van der Waals surface area (Å²) < 4.78 is 4.70. The van der Waals surface area contributed by atoms with Crippen molar-refractivity contribution < 1.29 is 14.6 Å². The fraction of sp³-hybridized carbons (Fsp3) is 0.889. The molecule has 0 aromatic rings. The molecule has 0 aliphatic rings. The second kappa shape index (κ2) is 6.00. The molecule has 0 aromatic carbocycles. The van der Waals surface area contributed by atoms with Crippen LogP contribution in [0.4, 0.5) is 0 Å². The van der Waals surface area contributed by atoms with Crippen molar-refractivity contribution in [1.82, 2.24) is 0 Å². The van der Waals surface area contributed by atoms with Crippen LogP contribution in [0.1, 0.15) is 33.6 Å². The lowest BCUT2D eigenvalue weighted by molar-refractivity contribution is -0.145. The summed E-state index contributed by atoms with van der Waals surface area (Å²) in [4.78, 5) is 10.9. The van der Waals surface area contributed by atoms with Gasteiger partial charge in [0, 0.05) is 0 Å². The largest absolute Gasteiger partial charge is 0.466 e. The number of esters is 1. The van der Waals surface area contributed by atoms with E-state index in [1.165, 1.54) is 0 Å². The zero-order valence-electron chi connectivity index (χ0n) is 8.04. The number of aliphatic hydroxyl groups is 1. The molecule has 0 aliphatic carbocycles. The summed E-state index contributed by atoms with van der Waals surface area (Å²) in [6.45, 7) is 6.16. The standard InChI is InChI=1S/C9H18O3/c1-4-12-9(11)6-8(10)5-7(2)3/h7-8,10H,4-6H2,1-3H3. The van der Waals surface area contributed by atoms with Gasteiger partial charge in [0.15, 0.2) is 0 Å². The Morgan fingerprint density at radius 3 is 2.50 bits per heavy atom. The molecule has 0 radical (unpaired) electrons. The summed E-state index contributed by atoms with van der Waals surface area (Å²) in [6, 6.07) is 0. The topological polar surface area (TPSA) is 46.5 Å². The number of rotatable bonds is 5. The van der Waals surface area contributed by atoms with Crippen LogP contribution in [-0.2, 0) is 9.53 Å². The van der Waals surface area contributed by atoms with E-state index in [1.54, 1.807) is 6.92 Å². The van der Waals surface area contributed by atoms with E-state index in [-0.39, 0.29) is 12.4 Å². The van der Waals surface area contributed by atoms with Gasteiger partial charge in [-0.15, -0.1) is 0 Å². The quantitative estimate of drug-likeness (QED) is 0.640. The zero-order valence-corrected chi connectivity index (χ0v) is 8.04. The van der Waals surface area contributed by atoms with Crippen molar-refractivity contribution in [2.75, 3.05) is 6.61 Å². The first-order valence-electron chi connectivity index (χ1n) is 4.40. The lowest BCUT2D eigenvalue weighted by Crippen LogP contribution is -2.17. The Morgan fingerprint density at radius 1 is 1.50 bits per heavy atom. The van der Waals surface area contributed by atoms with Crippen LogP contribution < -0.4 is 0 Å². The van der Waals surface area contributed by atoms with Crippen LogP contribution in [-0.4, -0.2) is 23.8 Å². The van der Waals surface area contributed by atoms with Crippen molar-refractivity contribution in [1.29, 1.82) is 0 Å². The van der Waals surface area contributed by atoms with Crippen molar-refractivity contribution in [2.45, 2.75) is 39.7 Å². The summed E-state index contributed by atoms with van der Waals surface area (Å²) in [5.74, 6) is 0.0973. The third-order valence-corrected chi connectivity index (χ3v) is 1.45. The van der Waals surface area contributed by atoms with E-state index in [9.17, 15) is 9.90 Å². The van der Waals surface area contributed by atoms with E-state index in [1.807, 2.05) is 13.8 Å². The Bertz CT molecular complexity index is 132. The minimum absolute atomic E-state index is 0.117. The molecule has 0 aromatic heterocycles. The third-order valence-electron chi connectivity index (χ3n) is 1.45. The van der Waals surface area contributed by atoms with E-state index < -0.39 is 6.10 Å². The highest BCUT2D eigenvalue weighted by Gasteiger charge is 2.12.